The topological polar surface area (TPSA) is 48.0 Å². The second-order valence-corrected chi connectivity index (χ2v) is 13.9. The van der Waals surface area contributed by atoms with E-state index in [4.69, 9.17) is 25.6 Å². The van der Waals surface area contributed by atoms with Crippen molar-refractivity contribution in [2.75, 3.05) is 27.9 Å². The third kappa shape index (κ3) is 7.15. The molecule has 0 saturated carbocycles. The van der Waals surface area contributed by atoms with Crippen molar-refractivity contribution in [3.05, 3.63) is 34.9 Å². The van der Waals surface area contributed by atoms with E-state index in [0.717, 1.165) is 5.56 Å². The van der Waals surface area contributed by atoms with Crippen molar-refractivity contribution in [3.8, 4) is 0 Å². The minimum Gasteiger partial charge on any atom is -0.417 e. The average Bonchev–Trinajstić information content (AvgIpc) is 2.63. The summed E-state index contributed by atoms with van der Waals surface area (Å²) in [5, 5.41) is 2.08. The van der Waals surface area contributed by atoms with Crippen LogP contribution in [0.3, 0.4) is 0 Å². The molecule has 1 rings (SSSR count). The molecule has 0 heterocycles. The fraction of sp³-hybridized carbons (Fsp3) is 0.667. The SMILES string of the molecule is COC(CCO[Si](C)(C)C(C)(C)C)C(Cc1ccc(Cl)cc1)C(=O)N(C)OC. The first-order valence-electron chi connectivity index (χ1n) is 9.65. The molecule has 0 N–H and O–H groups in total. The zero-order valence-electron chi connectivity index (χ0n) is 18.5. The van der Waals surface area contributed by atoms with Gasteiger partial charge in [0, 0.05) is 25.8 Å². The van der Waals surface area contributed by atoms with Crippen LogP contribution in [0.5, 0.6) is 0 Å². The van der Waals surface area contributed by atoms with Crippen LogP contribution in [0.4, 0.5) is 0 Å². The Morgan fingerprint density at radius 2 is 1.75 bits per heavy atom. The summed E-state index contributed by atoms with van der Waals surface area (Å²) >= 11 is 5.99. The van der Waals surface area contributed by atoms with Crippen LogP contribution in [0.1, 0.15) is 32.8 Å². The highest BCUT2D eigenvalue weighted by molar-refractivity contribution is 6.74. The number of halogens is 1. The van der Waals surface area contributed by atoms with Crippen molar-refractivity contribution >= 4 is 25.8 Å². The molecule has 160 valence electrons. The number of methoxy groups -OCH3 is 1. The lowest BCUT2D eigenvalue weighted by Gasteiger charge is -2.37. The standard InChI is InChI=1S/C21H36ClNO4Si/c1-21(2,3)28(7,8)27-14-13-19(25-5)18(20(24)23(4)26-6)15-16-9-11-17(22)12-10-16/h9-12,18-19H,13-15H2,1-8H3. The number of nitrogens with zero attached hydrogens (tertiary/aromatic N) is 1. The van der Waals surface area contributed by atoms with Crippen LogP contribution in [-0.2, 0) is 25.2 Å². The molecule has 1 aromatic rings. The first-order chi connectivity index (χ1) is 12.9. The van der Waals surface area contributed by atoms with Crippen LogP contribution in [0, 0.1) is 5.92 Å². The maximum atomic E-state index is 12.9. The van der Waals surface area contributed by atoms with Gasteiger partial charge in [-0.25, -0.2) is 5.06 Å². The van der Waals surface area contributed by atoms with E-state index in [1.54, 1.807) is 14.2 Å². The summed E-state index contributed by atoms with van der Waals surface area (Å²) in [4.78, 5) is 18.1. The molecule has 0 bridgehead atoms. The van der Waals surface area contributed by atoms with Crippen LogP contribution in [-0.4, -0.2) is 53.3 Å². The number of benzene rings is 1. The molecule has 0 aromatic heterocycles. The van der Waals surface area contributed by atoms with Gasteiger partial charge in [-0.3, -0.25) is 9.63 Å². The average molecular weight is 430 g/mol. The molecule has 2 atom stereocenters. The molecular weight excluding hydrogens is 394 g/mol. The van der Waals surface area contributed by atoms with E-state index >= 15 is 0 Å². The van der Waals surface area contributed by atoms with Gasteiger partial charge in [-0.2, -0.15) is 0 Å². The Labute approximate surface area is 176 Å². The zero-order chi connectivity index (χ0) is 21.5. The Morgan fingerprint density at radius 1 is 1.18 bits per heavy atom. The predicted octanol–water partition coefficient (Wildman–Crippen LogP) is 4.95. The normalized spacial score (nSPS) is 14.6. The third-order valence-electron chi connectivity index (χ3n) is 5.69. The highest BCUT2D eigenvalue weighted by Crippen LogP contribution is 2.36. The van der Waals surface area contributed by atoms with Gasteiger partial charge in [0.1, 0.15) is 0 Å². The Morgan fingerprint density at radius 3 is 2.21 bits per heavy atom. The number of hydrogen-bond acceptors (Lipinski definition) is 4. The number of carbonyl (C=O) groups excluding carboxylic acids is 1. The van der Waals surface area contributed by atoms with Crippen molar-refractivity contribution < 1.29 is 18.8 Å². The molecule has 0 radical (unpaired) electrons. The minimum absolute atomic E-state index is 0.114. The molecule has 2 unspecified atom stereocenters. The molecule has 0 fully saturated rings. The monoisotopic (exact) mass is 429 g/mol. The molecule has 7 heteroatoms. The smallest absolute Gasteiger partial charge is 0.251 e. The first-order valence-corrected chi connectivity index (χ1v) is 12.9. The lowest BCUT2D eigenvalue weighted by molar-refractivity contribution is -0.178. The molecule has 0 spiro atoms. The molecule has 0 aliphatic carbocycles. The van der Waals surface area contributed by atoms with Gasteiger partial charge in [0.25, 0.3) is 5.91 Å². The predicted molar refractivity (Wildman–Crippen MR) is 117 cm³/mol. The van der Waals surface area contributed by atoms with Gasteiger partial charge in [0.05, 0.1) is 19.1 Å². The van der Waals surface area contributed by atoms with Crippen LogP contribution in [0.25, 0.3) is 0 Å². The fourth-order valence-corrected chi connectivity index (χ4v) is 3.89. The summed E-state index contributed by atoms with van der Waals surface area (Å²) in [6.07, 6.45) is 0.915. The van der Waals surface area contributed by atoms with E-state index < -0.39 is 8.32 Å². The molecule has 5 nitrogen and oxygen atoms in total. The fourth-order valence-electron chi connectivity index (χ4n) is 2.71. The second-order valence-electron chi connectivity index (χ2n) is 8.63. The van der Waals surface area contributed by atoms with Gasteiger partial charge in [-0.1, -0.05) is 44.5 Å². The van der Waals surface area contributed by atoms with E-state index in [0.29, 0.717) is 24.5 Å². The van der Waals surface area contributed by atoms with Gasteiger partial charge in [0.15, 0.2) is 8.32 Å². The number of hydroxylamine groups is 2. The summed E-state index contributed by atoms with van der Waals surface area (Å²) in [5.74, 6) is -0.490. The first kappa shape index (κ1) is 25.1. The number of amides is 1. The van der Waals surface area contributed by atoms with Gasteiger partial charge in [-0.15, -0.1) is 0 Å². The van der Waals surface area contributed by atoms with E-state index in [9.17, 15) is 4.79 Å². The highest BCUT2D eigenvalue weighted by atomic mass is 35.5. The maximum absolute atomic E-state index is 12.9. The van der Waals surface area contributed by atoms with Gasteiger partial charge in [0.2, 0.25) is 0 Å². The zero-order valence-corrected chi connectivity index (χ0v) is 20.3. The number of carbonyl (C=O) groups is 1. The molecule has 1 amide bonds. The Bertz CT molecular complexity index is 616. The molecule has 0 aliphatic heterocycles. The number of hydrogen-bond donors (Lipinski definition) is 0. The molecule has 1 aromatic carbocycles. The van der Waals surface area contributed by atoms with Crippen LogP contribution < -0.4 is 0 Å². The van der Waals surface area contributed by atoms with E-state index in [1.807, 2.05) is 24.3 Å². The lowest BCUT2D eigenvalue weighted by Crippen LogP contribution is -2.43. The second kappa shape index (κ2) is 10.7. The van der Waals surface area contributed by atoms with Crippen molar-refractivity contribution in [2.24, 2.45) is 5.92 Å². The minimum atomic E-state index is -1.85. The Hall–Kier alpha value is -0.923. The Balaban J connectivity index is 2.92. The van der Waals surface area contributed by atoms with Crippen LogP contribution >= 0.6 is 11.6 Å². The van der Waals surface area contributed by atoms with E-state index in [1.165, 1.54) is 12.2 Å². The third-order valence-corrected chi connectivity index (χ3v) is 10.5. The maximum Gasteiger partial charge on any atom is 0.251 e. The van der Waals surface area contributed by atoms with E-state index in [2.05, 4.69) is 33.9 Å². The number of ether oxygens (including phenoxy) is 1. The molecule has 0 saturated heterocycles. The van der Waals surface area contributed by atoms with Crippen molar-refractivity contribution in [2.45, 2.75) is 57.8 Å². The Kier molecular flexibility index (Phi) is 9.63. The van der Waals surface area contributed by atoms with Gasteiger partial charge < -0.3 is 9.16 Å². The summed E-state index contributed by atoms with van der Waals surface area (Å²) in [6.45, 7) is 11.7. The van der Waals surface area contributed by atoms with Crippen LogP contribution in [0.15, 0.2) is 24.3 Å². The van der Waals surface area contributed by atoms with Crippen LogP contribution in [0.2, 0.25) is 23.2 Å². The van der Waals surface area contributed by atoms with Gasteiger partial charge in [-0.05, 0) is 48.7 Å². The summed E-state index contributed by atoms with van der Waals surface area (Å²) in [7, 11) is 2.91. The number of rotatable bonds is 10. The molecule has 28 heavy (non-hydrogen) atoms. The van der Waals surface area contributed by atoms with Crippen molar-refractivity contribution in [1.82, 2.24) is 5.06 Å². The summed E-state index contributed by atoms with van der Waals surface area (Å²) in [5.41, 5.74) is 1.03. The van der Waals surface area contributed by atoms with Gasteiger partial charge >= 0.3 is 0 Å². The van der Waals surface area contributed by atoms with Crippen molar-refractivity contribution in [3.63, 3.8) is 0 Å². The van der Waals surface area contributed by atoms with E-state index in [-0.39, 0.29) is 23.0 Å². The lowest BCUT2D eigenvalue weighted by atomic mass is 9.91. The summed E-state index contributed by atoms with van der Waals surface area (Å²) in [6, 6.07) is 7.55. The highest BCUT2D eigenvalue weighted by Gasteiger charge is 2.38. The quantitative estimate of drug-likeness (QED) is 0.390. The summed E-state index contributed by atoms with van der Waals surface area (Å²) < 4.78 is 12.0. The largest absolute Gasteiger partial charge is 0.417 e. The molecular formula is C21H36ClNO4Si. The van der Waals surface area contributed by atoms with Crippen molar-refractivity contribution in [1.29, 1.82) is 0 Å². The molecule has 0 aliphatic rings.